The maximum atomic E-state index is 14.7. The molecule has 8 heteroatoms. The summed E-state index contributed by atoms with van der Waals surface area (Å²) in [6.45, 7) is 14.0. The Morgan fingerprint density at radius 3 is 1.40 bits per heavy atom. The van der Waals surface area contributed by atoms with E-state index in [2.05, 4.69) is 189 Å². The lowest BCUT2D eigenvalue weighted by Crippen LogP contribution is -2.57. The van der Waals surface area contributed by atoms with Crippen LogP contribution in [0.4, 0.5) is 13.2 Å². The van der Waals surface area contributed by atoms with Gasteiger partial charge in [0, 0.05) is 59.2 Å². The first kappa shape index (κ1) is 44.5. The Morgan fingerprint density at radius 2 is 0.875 bits per heavy atom. The van der Waals surface area contributed by atoms with Crippen LogP contribution in [0.5, 0.6) is 0 Å². The standard InChI is InChI=1S/C64H51BF3N3S/c1-37(2)40-33-48(38(3)4)60(49(34-40)39(5)6)65-50-26-13-17-30-55(50)72-56-36-44(31-32-51(56)65)71-54-29-16-12-25-47(54)59-62-58(46-24-11-15-28-53(46)70(62)43-22-18-19-41(35-43)64(66,67)68)61-57(63(59)71)45-23-10-14-27-52(45)69(61)42-20-8-7-9-21-42/h7-39H,1-6H3. The van der Waals surface area contributed by atoms with Crippen LogP contribution in [0.2, 0.25) is 0 Å². The molecular weight excluding hydrogens is 911 g/mol. The number of halogens is 3. The van der Waals surface area contributed by atoms with Crippen LogP contribution in [0.3, 0.4) is 0 Å². The van der Waals surface area contributed by atoms with Gasteiger partial charge in [0.15, 0.2) is 0 Å². The fourth-order valence-electron chi connectivity index (χ4n) is 12.1. The molecule has 1 aliphatic heterocycles. The Hall–Kier alpha value is -7.42. The van der Waals surface area contributed by atoms with Crippen molar-refractivity contribution in [2.24, 2.45) is 0 Å². The molecule has 3 nitrogen and oxygen atoms in total. The smallest absolute Gasteiger partial charge is 0.308 e. The van der Waals surface area contributed by atoms with E-state index in [0.29, 0.717) is 23.4 Å². The van der Waals surface area contributed by atoms with E-state index in [1.807, 2.05) is 42.1 Å². The van der Waals surface area contributed by atoms with E-state index < -0.39 is 11.7 Å². The molecule has 0 spiro atoms. The van der Waals surface area contributed by atoms with E-state index in [0.717, 1.165) is 82.9 Å². The summed E-state index contributed by atoms with van der Waals surface area (Å²) in [7, 11) is 0. The van der Waals surface area contributed by atoms with Gasteiger partial charge in [-0.05, 0) is 101 Å². The van der Waals surface area contributed by atoms with Crippen molar-refractivity contribution in [3.8, 4) is 17.1 Å². The van der Waals surface area contributed by atoms with Crippen molar-refractivity contribution >= 4 is 100 Å². The maximum Gasteiger partial charge on any atom is 0.416 e. The molecule has 0 N–H and O–H groups in total. The summed E-state index contributed by atoms with van der Waals surface area (Å²) < 4.78 is 51.0. The van der Waals surface area contributed by atoms with Crippen LogP contribution in [0, 0.1) is 0 Å². The van der Waals surface area contributed by atoms with Crippen molar-refractivity contribution in [2.45, 2.75) is 75.3 Å². The van der Waals surface area contributed by atoms with Crippen molar-refractivity contribution in [1.29, 1.82) is 0 Å². The van der Waals surface area contributed by atoms with Crippen LogP contribution in [0.1, 0.15) is 81.5 Å². The van der Waals surface area contributed by atoms with Gasteiger partial charge in [0.1, 0.15) is 0 Å². The third-order valence-electron chi connectivity index (χ3n) is 15.3. The van der Waals surface area contributed by atoms with Crippen LogP contribution < -0.4 is 16.4 Å². The van der Waals surface area contributed by atoms with Gasteiger partial charge in [-0.15, -0.1) is 0 Å². The van der Waals surface area contributed by atoms with Gasteiger partial charge in [-0.2, -0.15) is 13.2 Å². The van der Waals surface area contributed by atoms with Gasteiger partial charge in [-0.3, -0.25) is 0 Å². The number of para-hydroxylation sites is 4. The van der Waals surface area contributed by atoms with Crippen molar-refractivity contribution in [3.05, 3.63) is 204 Å². The fourth-order valence-corrected chi connectivity index (χ4v) is 13.3. The first-order valence-corrected chi connectivity index (χ1v) is 25.9. The first-order chi connectivity index (χ1) is 34.9. The number of aromatic nitrogens is 3. The molecule has 0 aliphatic carbocycles. The number of benzene rings is 9. The predicted octanol–water partition coefficient (Wildman–Crippen LogP) is 16.3. The Morgan fingerprint density at radius 1 is 0.417 bits per heavy atom. The summed E-state index contributed by atoms with van der Waals surface area (Å²) in [6, 6.07) is 62.6. The largest absolute Gasteiger partial charge is 0.416 e. The summed E-state index contributed by atoms with van der Waals surface area (Å²) in [5.41, 5.74) is 15.8. The Bertz CT molecular complexity index is 4140. The zero-order valence-electron chi connectivity index (χ0n) is 41.0. The van der Waals surface area contributed by atoms with Crippen LogP contribution in [0.15, 0.2) is 192 Å². The van der Waals surface area contributed by atoms with Gasteiger partial charge in [0.05, 0.1) is 38.7 Å². The molecule has 1 aliphatic rings. The van der Waals surface area contributed by atoms with Crippen LogP contribution in [-0.4, -0.2) is 20.4 Å². The highest BCUT2D eigenvalue weighted by Crippen LogP contribution is 2.51. The maximum absolute atomic E-state index is 14.7. The van der Waals surface area contributed by atoms with Crippen LogP contribution >= 0.6 is 11.8 Å². The molecule has 0 saturated heterocycles. The minimum atomic E-state index is -4.53. The Balaban J connectivity index is 1.20. The molecule has 12 aromatic rings. The molecule has 4 heterocycles. The number of rotatable bonds is 7. The second-order valence-electron chi connectivity index (χ2n) is 20.5. The molecule has 9 aromatic carbocycles. The highest BCUT2D eigenvalue weighted by atomic mass is 32.2. The second kappa shape index (κ2) is 16.6. The van der Waals surface area contributed by atoms with Gasteiger partial charge in [0.2, 0.25) is 6.71 Å². The van der Waals surface area contributed by atoms with Gasteiger partial charge in [0.25, 0.3) is 0 Å². The lowest BCUT2D eigenvalue weighted by atomic mass is 9.34. The quantitative estimate of drug-likeness (QED) is 0.145. The molecule has 0 fully saturated rings. The minimum Gasteiger partial charge on any atom is -0.308 e. The number of alkyl halides is 3. The van der Waals surface area contributed by atoms with Crippen molar-refractivity contribution in [3.63, 3.8) is 0 Å². The van der Waals surface area contributed by atoms with Gasteiger partial charge >= 0.3 is 6.18 Å². The number of hydrogen-bond donors (Lipinski definition) is 0. The van der Waals surface area contributed by atoms with Crippen LogP contribution in [0.25, 0.3) is 82.5 Å². The summed E-state index contributed by atoms with van der Waals surface area (Å²) in [4.78, 5) is 2.47. The highest BCUT2D eigenvalue weighted by molar-refractivity contribution is 8.00. The molecule has 0 bridgehead atoms. The highest BCUT2D eigenvalue weighted by Gasteiger charge is 2.37. The summed E-state index contributed by atoms with van der Waals surface area (Å²) >= 11 is 1.84. The predicted molar refractivity (Wildman–Crippen MR) is 298 cm³/mol. The molecule has 0 atom stereocenters. The number of nitrogens with zero attached hydrogens (tertiary/aromatic N) is 3. The van der Waals surface area contributed by atoms with Crippen molar-refractivity contribution < 1.29 is 13.2 Å². The molecule has 0 amide bonds. The lowest BCUT2D eigenvalue weighted by molar-refractivity contribution is -0.137. The van der Waals surface area contributed by atoms with Crippen LogP contribution in [-0.2, 0) is 6.18 Å². The molecule has 0 radical (unpaired) electrons. The van der Waals surface area contributed by atoms with E-state index in [1.165, 1.54) is 55.0 Å². The molecular formula is C64H51BF3N3S. The monoisotopic (exact) mass is 961 g/mol. The minimum absolute atomic E-state index is 0.0269. The van der Waals surface area contributed by atoms with E-state index in [-0.39, 0.29) is 6.71 Å². The fraction of sp³-hybridized carbons (Fsp3) is 0.156. The summed E-state index contributed by atoms with van der Waals surface area (Å²) in [6.07, 6.45) is -4.53. The molecule has 13 rings (SSSR count). The van der Waals surface area contributed by atoms with Crippen molar-refractivity contribution in [1.82, 2.24) is 13.7 Å². The van der Waals surface area contributed by atoms with E-state index in [4.69, 9.17) is 0 Å². The number of hydrogen-bond acceptors (Lipinski definition) is 1. The Labute approximate surface area is 421 Å². The Kier molecular flexibility index (Phi) is 10.2. The van der Waals surface area contributed by atoms with Gasteiger partial charge in [-0.1, -0.05) is 185 Å². The number of fused-ring (bicyclic) bond motifs is 14. The average Bonchev–Trinajstić information content (AvgIpc) is 4.03. The molecule has 0 saturated carbocycles. The normalized spacial score (nSPS) is 13.1. The first-order valence-electron chi connectivity index (χ1n) is 25.1. The van der Waals surface area contributed by atoms with Gasteiger partial charge in [-0.25, -0.2) is 0 Å². The third kappa shape index (κ3) is 6.60. The van der Waals surface area contributed by atoms with E-state index in [9.17, 15) is 13.2 Å². The zero-order chi connectivity index (χ0) is 49.3. The average molecular weight is 962 g/mol. The summed E-state index contributed by atoms with van der Waals surface area (Å²) in [5.74, 6) is 1.05. The van der Waals surface area contributed by atoms with E-state index in [1.54, 1.807) is 0 Å². The molecule has 72 heavy (non-hydrogen) atoms. The second-order valence-corrected chi connectivity index (χ2v) is 21.6. The lowest BCUT2D eigenvalue weighted by Gasteiger charge is -2.32. The molecule has 3 aromatic heterocycles. The third-order valence-corrected chi connectivity index (χ3v) is 16.4. The summed E-state index contributed by atoms with van der Waals surface area (Å²) in [5, 5.41) is 6.14. The molecule has 0 unspecified atom stereocenters. The topological polar surface area (TPSA) is 14.8 Å². The zero-order valence-corrected chi connectivity index (χ0v) is 41.8. The van der Waals surface area contributed by atoms with Gasteiger partial charge < -0.3 is 13.7 Å². The van der Waals surface area contributed by atoms with Crippen molar-refractivity contribution in [2.75, 3.05) is 0 Å². The van der Waals surface area contributed by atoms with E-state index >= 15 is 0 Å². The molecule has 352 valence electrons. The SMILES string of the molecule is CC(C)c1cc(C(C)C)c(B2c3ccccc3Sc3cc(-n4c5ccccc5c5c6c(c7ccccc7n6-c6cccc(C(F)(F)F)c6)c6c(c7ccccc7n6-c6ccccc6)c54)ccc32)c(C(C)C)c1.